The topological polar surface area (TPSA) is 91.7 Å². The van der Waals surface area contributed by atoms with E-state index >= 15 is 0 Å². The van der Waals surface area contributed by atoms with E-state index in [1.165, 1.54) is 43.3 Å². The lowest BCUT2D eigenvalue weighted by molar-refractivity contribution is 0.462. The van der Waals surface area contributed by atoms with Gasteiger partial charge in [-0.05, 0) is 74.3 Å². The number of rotatable bonds is 7. The van der Waals surface area contributed by atoms with E-state index in [1.54, 1.807) is 12.1 Å². The highest BCUT2D eigenvalue weighted by Crippen LogP contribution is 2.27. The molecule has 0 saturated heterocycles. The first-order valence-corrected chi connectivity index (χ1v) is 10.3. The number of hydrazone groups is 1. The molecule has 6 N–H and O–H groups in total. The highest BCUT2D eigenvalue weighted by atomic mass is 32.2. The van der Waals surface area contributed by atoms with Crippen LogP contribution in [0.2, 0.25) is 0 Å². The van der Waals surface area contributed by atoms with Gasteiger partial charge < -0.3 is 11.1 Å². The molecule has 150 valence electrons. The Hall–Kier alpha value is -2.29. The Balaban J connectivity index is 1.87. The van der Waals surface area contributed by atoms with Crippen molar-refractivity contribution in [1.82, 2.24) is 4.72 Å². The van der Waals surface area contributed by atoms with Crippen molar-refractivity contribution in [1.29, 1.82) is 0 Å². The number of hydrogen-bond donors (Lipinski definition) is 4. The average Bonchev–Trinajstić information content (AvgIpc) is 2.70. The second-order valence-corrected chi connectivity index (χ2v) is 7.88. The van der Waals surface area contributed by atoms with Crippen LogP contribution >= 0.6 is 11.9 Å². The molecular formula is C20H27FN6S. The Kier molecular flexibility index (Phi) is 7.13. The molecule has 2 aromatic carbocycles. The fourth-order valence-electron chi connectivity index (χ4n) is 3.33. The number of hydrogen-bond acceptors (Lipinski definition) is 6. The third-order valence-electron chi connectivity index (χ3n) is 4.76. The van der Waals surface area contributed by atoms with Crippen molar-refractivity contribution < 1.29 is 4.39 Å². The van der Waals surface area contributed by atoms with Gasteiger partial charge >= 0.3 is 0 Å². The van der Waals surface area contributed by atoms with Crippen LogP contribution in [0, 0.1) is 5.82 Å². The fourth-order valence-corrected chi connectivity index (χ4v) is 3.88. The van der Waals surface area contributed by atoms with Crippen molar-refractivity contribution in [2.75, 3.05) is 17.5 Å². The van der Waals surface area contributed by atoms with E-state index in [1.807, 2.05) is 25.2 Å². The lowest BCUT2D eigenvalue weighted by atomic mass is 9.95. The maximum Gasteiger partial charge on any atom is 0.154 e. The summed E-state index contributed by atoms with van der Waals surface area (Å²) in [5.41, 5.74) is 8.61. The Bertz CT molecular complexity index is 805. The Morgan fingerprint density at radius 3 is 2.54 bits per heavy atom. The van der Waals surface area contributed by atoms with Crippen LogP contribution in [-0.2, 0) is 0 Å². The van der Waals surface area contributed by atoms with Crippen molar-refractivity contribution >= 4 is 29.2 Å². The van der Waals surface area contributed by atoms with Gasteiger partial charge in [0.1, 0.15) is 5.82 Å². The molecule has 0 radical (unpaired) electrons. The first kappa shape index (κ1) is 20.4. The second-order valence-electron chi connectivity index (χ2n) is 6.80. The quantitative estimate of drug-likeness (QED) is 0.185. The van der Waals surface area contributed by atoms with E-state index in [0.717, 1.165) is 34.1 Å². The minimum Gasteiger partial charge on any atom is -0.382 e. The van der Waals surface area contributed by atoms with E-state index in [4.69, 9.17) is 11.6 Å². The molecule has 0 unspecified atom stereocenters. The van der Waals surface area contributed by atoms with E-state index in [-0.39, 0.29) is 5.82 Å². The summed E-state index contributed by atoms with van der Waals surface area (Å²) in [6, 6.07) is 12.3. The summed E-state index contributed by atoms with van der Waals surface area (Å²) in [7, 11) is 1.87. The first-order valence-electron chi connectivity index (χ1n) is 9.46. The lowest BCUT2D eigenvalue weighted by Crippen LogP contribution is -2.30. The first-order chi connectivity index (χ1) is 13.6. The zero-order chi connectivity index (χ0) is 19.9. The zero-order valence-electron chi connectivity index (χ0n) is 16.0. The van der Waals surface area contributed by atoms with Crippen LogP contribution in [0.4, 0.5) is 15.8 Å². The number of benzene rings is 2. The number of amidine groups is 1. The molecule has 28 heavy (non-hydrogen) atoms. The third-order valence-corrected chi connectivity index (χ3v) is 5.45. The van der Waals surface area contributed by atoms with Crippen LogP contribution in [0.3, 0.4) is 0 Å². The largest absolute Gasteiger partial charge is 0.382 e. The average molecular weight is 403 g/mol. The number of nitrogens with zero attached hydrogens (tertiary/aromatic N) is 2. The molecule has 0 aromatic heterocycles. The number of halogens is 1. The molecule has 0 atom stereocenters. The molecule has 1 fully saturated rings. The van der Waals surface area contributed by atoms with E-state index in [2.05, 4.69) is 15.1 Å². The maximum atomic E-state index is 13.1. The van der Waals surface area contributed by atoms with Gasteiger partial charge in [0.15, 0.2) is 5.84 Å². The summed E-state index contributed by atoms with van der Waals surface area (Å²) < 4.78 is 16.2. The summed E-state index contributed by atoms with van der Waals surface area (Å²) in [4.78, 5) is 1.02. The van der Waals surface area contributed by atoms with Crippen LogP contribution in [-0.4, -0.2) is 18.9 Å². The zero-order valence-corrected chi connectivity index (χ0v) is 16.8. The van der Waals surface area contributed by atoms with E-state index < -0.39 is 0 Å². The molecule has 1 saturated carbocycles. The number of nitrogens with one attached hydrogen (secondary N) is 2. The van der Waals surface area contributed by atoms with E-state index in [9.17, 15) is 4.39 Å². The normalized spacial score (nSPS) is 15.5. The predicted octanol–water partition coefficient (Wildman–Crippen LogP) is 3.80. The maximum absolute atomic E-state index is 13.1. The van der Waals surface area contributed by atoms with Crippen molar-refractivity contribution in [3.63, 3.8) is 0 Å². The van der Waals surface area contributed by atoms with Crippen molar-refractivity contribution in [2.45, 2.75) is 43.0 Å². The van der Waals surface area contributed by atoms with Gasteiger partial charge in [-0.15, -0.1) is 5.10 Å². The number of hydrazine groups is 1. The summed E-state index contributed by atoms with van der Waals surface area (Å²) in [5.74, 6) is 5.99. The minimum absolute atomic E-state index is 0.295. The summed E-state index contributed by atoms with van der Waals surface area (Å²) in [5, 5.41) is 9.10. The third kappa shape index (κ3) is 5.37. The SMILES string of the molecule is CNSc1ccc(NC2CCCCC2)c(/C(N)=N/N(N)c2ccc(F)cc2)c1. The second kappa shape index (κ2) is 9.77. The summed E-state index contributed by atoms with van der Waals surface area (Å²) >= 11 is 1.50. The molecule has 0 spiro atoms. The predicted molar refractivity (Wildman–Crippen MR) is 116 cm³/mol. The van der Waals surface area contributed by atoms with Crippen LogP contribution in [0.5, 0.6) is 0 Å². The van der Waals surface area contributed by atoms with Gasteiger partial charge in [-0.1, -0.05) is 19.3 Å². The molecular weight excluding hydrogens is 375 g/mol. The van der Waals surface area contributed by atoms with Crippen molar-refractivity contribution in [3.8, 4) is 0 Å². The van der Waals surface area contributed by atoms with Gasteiger partial charge in [0.05, 0.1) is 5.69 Å². The molecule has 1 aliphatic carbocycles. The van der Waals surface area contributed by atoms with Gasteiger partial charge in [0.2, 0.25) is 0 Å². The molecule has 0 amide bonds. The molecule has 0 heterocycles. The highest BCUT2D eigenvalue weighted by Gasteiger charge is 2.17. The Morgan fingerprint density at radius 1 is 1.14 bits per heavy atom. The van der Waals surface area contributed by atoms with Gasteiger partial charge in [-0.25, -0.2) is 10.2 Å². The van der Waals surface area contributed by atoms with E-state index in [0.29, 0.717) is 17.6 Å². The highest BCUT2D eigenvalue weighted by molar-refractivity contribution is 7.97. The van der Waals surface area contributed by atoms with Crippen LogP contribution in [0.15, 0.2) is 52.5 Å². The summed E-state index contributed by atoms with van der Waals surface area (Å²) in [6.07, 6.45) is 6.09. The van der Waals surface area contributed by atoms with Crippen LogP contribution in [0.1, 0.15) is 37.7 Å². The van der Waals surface area contributed by atoms with Crippen LogP contribution < -0.4 is 26.7 Å². The number of nitrogens with two attached hydrogens (primary N) is 2. The Morgan fingerprint density at radius 2 is 1.86 bits per heavy atom. The minimum atomic E-state index is -0.329. The van der Waals surface area contributed by atoms with Crippen molar-refractivity contribution in [2.24, 2.45) is 16.7 Å². The molecule has 8 heteroatoms. The molecule has 6 nitrogen and oxygen atoms in total. The van der Waals surface area contributed by atoms with Crippen LogP contribution in [0.25, 0.3) is 0 Å². The standard InChI is InChI=1S/C20H27FN6S/c1-24-28-17-11-12-19(25-15-5-3-2-4-6-15)18(13-17)20(22)26-27(23)16-9-7-14(21)8-10-16/h7-13,15,24-25H,2-6,23H2,1H3,(H2,22,26). The molecule has 3 rings (SSSR count). The molecule has 0 aliphatic heterocycles. The molecule has 0 bridgehead atoms. The van der Waals surface area contributed by atoms with Gasteiger partial charge in [-0.3, -0.25) is 4.72 Å². The lowest BCUT2D eigenvalue weighted by Gasteiger charge is -2.25. The summed E-state index contributed by atoms with van der Waals surface area (Å²) in [6.45, 7) is 0. The van der Waals surface area contributed by atoms with Gasteiger partial charge in [0, 0.05) is 22.2 Å². The molecule has 1 aliphatic rings. The van der Waals surface area contributed by atoms with Crippen molar-refractivity contribution in [3.05, 3.63) is 53.8 Å². The number of anilines is 2. The molecule has 2 aromatic rings. The van der Waals surface area contributed by atoms with Gasteiger partial charge in [0.25, 0.3) is 0 Å². The van der Waals surface area contributed by atoms with Gasteiger partial charge in [-0.2, -0.15) is 5.12 Å². The smallest absolute Gasteiger partial charge is 0.154 e. The monoisotopic (exact) mass is 402 g/mol. The fraction of sp³-hybridized carbons (Fsp3) is 0.350. The Labute approximate surface area is 169 Å².